The van der Waals surface area contributed by atoms with E-state index in [2.05, 4.69) is 5.32 Å². The minimum absolute atomic E-state index is 0.00894. The van der Waals surface area contributed by atoms with Crippen LogP contribution in [-0.2, 0) is 9.59 Å². The SMILES string of the molecule is Cc1ccccc1[C@@H](C(=O)NCC1CCC(C(=O)O)CC1)N(C)C. The maximum absolute atomic E-state index is 12.7. The third-order valence-corrected chi connectivity index (χ3v) is 5.01. The molecule has 5 nitrogen and oxygen atoms in total. The summed E-state index contributed by atoms with van der Waals surface area (Å²) in [5, 5.41) is 12.1. The molecule has 1 aliphatic carbocycles. The van der Waals surface area contributed by atoms with E-state index in [0.717, 1.165) is 24.0 Å². The van der Waals surface area contributed by atoms with Gasteiger partial charge in [0.25, 0.3) is 0 Å². The second-order valence-corrected chi connectivity index (χ2v) is 7.02. The quantitative estimate of drug-likeness (QED) is 0.840. The van der Waals surface area contributed by atoms with Crippen molar-refractivity contribution in [3.05, 3.63) is 35.4 Å². The number of nitrogens with one attached hydrogen (secondary N) is 1. The van der Waals surface area contributed by atoms with Gasteiger partial charge >= 0.3 is 5.97 Å². The van der Waals surface area contributed by atoms with Crippen LogP contribution in [0.3, 0.4) is 0 Å². The smallest absolute Gasteiger partial charge is 0.306 e. The van der Waals surface area contributed by atoms with Gasteiger partial charge in [0.1, 0.15) is 6.04 Å². The lowest BCUT2D eigenvalue weighted by molar-refractivity contribution is -0.143. The molecule has 1 atom stereocenters. The van der Waals surface area contributed by atoms with Gasteiger partial charge in [-0.15, -0.1) is 0 Å². The van der Waals surface area contributed by atoms with Crippen LogP contribution >= 0.6 is 0 Å². The third-order valence-electron chi connectivity index (χ3n) is 5.01. The highest BCUT2D eigenvalue weighted by atomic mass is 16.4. The summed E-state index contributed by atoms with van der Waals surface area (Å²) >= 11 is 0. The molecule has 0 unspecified atom stereocenters. The van der Waals surface area contributed by atoms with E-state index in [0.29, 0.717) is 25.3 Å². The summed E-state index contributed by atoms with van der Waals surface area (Å²) < 4.78 is 0. The Balaban J connectivity index is 1.93. The predicted molar refractivity (Wildman–Crippen MR) is 93.7 cm³/mol. The number of amides is 1. The lowest BCUT2D eigenvalue weighted by atomic mass is 9.82. The van der Waals surface area contributed by atoms with Gasteiger partial charge in [-0.3, -0.25) is 14.5 Å². The number of carboxylic acids is 1. The van der Waals surface area contributed by atoms with Crippen molar-refractivity contribution >= 4 is 11.9 Å². The molecule has 1 amide bonds. The van der Waals surface area contributed by atoms with Gasteiger partial charge in [0, 0.05) is 6.54 Å². The van der Waals surface area contributed by atoms with Crippen molar-refractivity contribution in [3.63, 3.8) is 0 Å². The second kappa shape index (κ2) is 8.29. The van der Waals surface area contributed by atoms with Crippen LogP contribution in [0.5, 0.6) is 0 Å². The molecule has 0 spiro atoms. The standard InChI is InChI=1S/C19H28N2O3/c1-13-6-4-5-7-16(13)17(21(2)3)18(22)20-12-14-8-10-15(11-9-14)19(23)24/h4-7,14-15,17H,8-12H2,1-3H3,(H,20,22)(H,23,24)/t14?,15?,17-/m0/s1. The molecule has 0 aliphatic heterocycles. The second-order valence-electron chi connectivity index (χ2n) is 7.02. The summed E-state index contributed by atoms with van der Waals surface area (Å²) in [5.74, 6) is -0.512. The molecule has 2 rings (SSSR count). The first kappa shape index (κ1) is 18.5. The number of nitrogens with zero attached hydrogens (tertiary/aromatic N) is 1. The fourth-order valence-corrected chi connectivity index (χ4v) is 3.50. The highest BCUT2D eigenvalue weighted by molar-refractivity contribution is 5.83. The Kier molecular flexibility index (Phi) is 6.37. The van der Waals surface area contributed by atoms with Gasteiger partial charge in [0.15, 0.2) is 0 Å². The summed E-state index contributed by atoms with van der Waals surface area (Å²) in [7, 11) is 3.82. The molecule has 1 aromatic carbocycles. The average molecular weight is 332 g/mol. The van der Waals surface area contributed by atoms with Crippen molar-refractivity contribution in [3.8, 4) is 0 Å². The largest absolute Gasteiger partial charge is 0.481 e. The maximum atomic E-state index is 12.7. The van der Waals surface area contributed by atoms with Gasteiger partial charge in [0.2, 0.25) is 5.91 Å². The van der Waals surface area contributed by atoms with Gasteiger partial charge in [-0.25, -0.2) is 0 Å². The summed E-state index contributed by atoms with van der Waals surface area (Å²) in [6, 6.07) is 7.65. The molecule has 2 N–H and O–H groups in total. The molecule has 0 radical (unpaired) electrons. The number of likely N-dealkylation sites (N-methyl/N-ethyl adjacent to an activating group) is 1. The van der Waals surface area contributed by atoms with Crippen LogP contribution in [0, 0.1) is 18.8 Å². The monoisotopic (exact) mass is 332 g/mol. The Morgan fingerprint density at radius 1 is 1.21 bits per heavy atom. The number of carboxylic acid groups (broad SMARTS) is 1. The van der Waals surface area contributed by atoms with E-state index in [4.69, 9.17) is 5.11 Å². The summed E-state index contributed by atoms with van der Waals surface area (Å²) in [6.07, 6.45) is 3.16. The van der Waals surface area contributed by atoms with Crippen LogP contribution < -0.4 is 5.32 Å². The van der Waals surface area contributed by atoms with Gasteiger partial charge in [-0.05, 0) is 63.7 Å². The van der Waals surface area contributed by atoms with E-state index in [1.165, 1.54) is 0 Å². The van der Waals surface area contributed by atoms with Gasteiger partial charge in [0.05, 0.1) is 5.92 Å². The molecule has 5 heteroatoms. The topological polar surface area (TPSA) is 69.6 Å². The Morgan fingerprint density at radius 2 is 1.83 bits per heavy atom. The molecule has 1 fully saturated rings. The van der Waals surface area contributed by atoms with E-state index in [-0.39, 0.29) is 17.9 Å². The molecular formula is C19H28N2O3. The molecule has 1 saturated carbocycles. The average Bonchev–Trinajstić information content (AvgIpc) is 2.55. The van der Waals surface area contributed by atoms with Crippen molar-refractivity contribution < 1.29 is 14.7 Å². The van der Waals surface area contributed by atoms with Gasteiger partial charge in [-0.2, -0.15) is 0 Å². The molecule has 0 aromatic heterocycles. The zero-order chi connectivity index (χ0) is 17.7. The fourth-order valence-electron chi connectivity index (χ4n) is 3.50. The summed E-state index contributed by atoms with van der Waals surface area (Å²) in [6.45, 7) is 2.65. The van der Waals surface area contributed by atoms with Crippen LogP contribution in [0.2, 0.25) is 0 Å². The summed E-state index contributed by atoms with van der Waals surface area (Å²) in [5.41, 5.74) is 2.13. The predicted octanol–water partition coefficient (Wildman–Crippen LogP) is 2.60. The summed E-state index contributed by atoms with van der Waals surface area (Å²) in [4.78, 5) is 25.6. The first-order valence-electron chi connectivity index (χ1n) is 8.62. The highest BCUT2D eigenvalue weighted by Gasteiger charge is 2.28. The Bertz CT molecular complexity index is 578. The van der Waals surface area contributed by atoms with Crippen molar-refractivity contribution in [2.75, 3.05) is 20.6 Å². The number of aryl methyl sites for hydroxylation is 1. The number of aliphatic carboxylic acids is 1. The van der Waals surface area contributed by atoms with Crippen LogP contribution in [-0.4, -0.2) is 42.5 Å². The van der Waals surface area contributed by atoms with Crippen LogP contribution in [0.4, 0.5) is 0 Å². The lowest BCUT2D eigenvalue weighted by Gasteiger charge is -2.29. The van der Waals surface area contributed by atoms with Crippen molar-refractivity contribution in [1.29, 1.82) is 0 Å². The minimum atomic E-state index is -0.690. The van der Waals surface area contributed by atoms with E-state index < -0.39 is 5.97 Å². The Labute approximate surface area is 144 Å². The van der Waals surface area contributed by atoms with Gasteiger partial charge < -0.3 is 10.4 Å². The number of rotatable bonds is 6. The molecule has 24 heavy (non-hydrogen) atoms. The highest BCUT2D eigenvalue weighted by Crippen LogP contribution is 2.29. The number of hydrogen-bond donors (Lipinski definition) is 2. The molecule has 0 bridgehead atoms. The fraction of sp³-hybridized carbons (Fsp3) is 0.579. The first-order valence-corrected chi connectivity index (χ1v) is 8.62. The molecule has 1 aromatic rings. The van der Waals surface area contributed by atoms with E-state index in [9.17, 15) is 9.59 Å². The first-order chi connectivity index (χ1) is 11.4. The Hall–Kier alpha value is -1.88. The van der Waals surface area contributed by atoms with Crippen molar-refractivity contribution in [1.82, 2.24) is 10.2 Å². The lowest BCUT2D eigenvalue weighted by Crippen LogP contribution is -2.40. The minimum Gasteiger partial charge on any atom is -0.481 e. The number of benzene rings is 1. The third kappa shape index (κ3) is 4.57. The zero-order valence-corrected chi connectivity index (χ0v) is 14.8. The molecule has 0 heterocycles. The maximum Gasteiger partial charge on any atom is 0.306 e. The van der Waals surface area contributed by atoms with E-state index in [1.807, 2.05) is 50.2 Å². The zero-order valence-electron chi connectivity index (χ0n) is 14.8. The molecule has 132 valence electrons. The van der Waals surface area contributed by atoms with E-state index in [1.54, 1.807) is 0 Å². The van der Waals surface area contributed by atoms with Crippen molar-refractivity contribution in [2.24, 2.45) is 11.8 Å². The molecule has 1 aliphatic rings. The Morgan fingerprint density at radius 3 is 2.38 bits per heavy atom. The van der Waals surface area contributed by atoms with Crippen LogP contribution in [0.25, 0.3) is 0 Å². The molecular weight excluding hydrogens is 304 g/mol. The normalized spacial score (nSPS) is 22.2. The number of hydrogen-bond acceptors (Lipinski definition) is 3. The molecule has 0 saturated heterocycles. The van der Waals surface area contributed by atoms with Gasteiger partial charge in [-0.1, -0.05) is 24.3 Å². The van der Waals surface area contributed by atoms with Crippen LogP contribution in [0.1, 0.15) is 42.9 Å². The van der Waals surface area contributed by atoms with Crippen molar-refractivity contribution in [2.45, 2.75) is 38.6 Å². The van der Waals surface area contributed by atoms with E-state index >= 15 is 0 Å². The number of carbonyl (C=O) groups excluding carboxylic acids is 1. The van der Waals surface area contributed by atoms with Crippen LogP contribution in [0.15, 0.2) is 24.3 Å². The number of carbonyl (C=O) groups is 2.